The smallest absolute Gasteiger partial charge is 0.276 e. The van der Waals surface area contributed by atoms with Gasteiger partial charge in [0.2, 0.25) is 5.91 Å². The molecule has 0 spiro atoms. The van der Waals surface area contributed by atoms with Crippen molar-refractivity contribution < 1.29 is 27.1 Å². The molecule has 2 aromatic carbocycles. The third kappa shape index (κ3) is 6.70. The largest absolute Gasteiger partial charge is 0.484 e. The second-order valence-electron chi connectivity index (χ2n) is 5.72. The van der Waals surface area contributed by atoms with E-state index < -0.39 is 39.8 Å². The highest BCUT2D eigenvalue weighted by atomic mass is 32.2. The number of hydrogen-bond acceptors (Lipinski definition) is 5. The van der Waals surface area contributed by atoms with Crippen molar-refractivity contribution in [2.75, 3.05) is 12.4 Å². The zero-order chi connectivity index (χ0) is 19.9. The summed E-state index contributed by atoms with van der Waals surface area (Å²) in [5, 5.41) is 0. The zero-order valence-corrected chi connectivity index (χ0v) is 15.4. The molecule has 0 aliphatic rings. The Balaban J connectivity index is 1.73. The highest BCUT2D eigenvalue weighted by Crippen LogP contribution is 2.13. The molecule has 0 saturated carbocycles. The van der Waals surface area contributed by atoms with E-state index in [9.17, 15) is 22.4 Å². The first-order valence-corrected chi connectivity index (χ1v) is 9.67. The predicted molar refractivity (Wildman–Crippen MR) is 96.0 cm³/mol. The van der Waals surface area contributed by atoms with E-state index in [0.717, 1.165) is 11.6 Å². The van der Waals surface area contributed by atoms with Crippen LogP contribution in [0.1, 0.15) is 12.0 Å². The molecular weight excluding hydrogens is 375 g/mol. The van der Waals surface area contributed by atoms with Gasteiger partial charge in [0.15, 0.2) is 16.4 Å². The number of hydrogen-bond donors (Lipinski definition) is 2. The van der Waals surface area contributed by atoms with Crippen molar-refractivity contribution in [3.63, 3.8) is 0 Å². The van der Waals surface area contributed by atoms with Gasteiger partial charge >= 0.3 is 0 Å². The van der Waals surface area contributed by atoms with E-state index in [1.165, 1.54) is 30.3 Å². The highest BCUT2D eigenvalue weighted by molar-refractivity contribution is 7.91. The molecule has 0 saturated heterocycles. The number of rotatable bonds is 7. The summed E-state index contributed by atoms with van der Waals surface area (Å²) in [6.07, 6.45) is -0.318. The van der Waals surface area contributed by atoms with E-state index in [1.54, 1.807) is 12.1 Å². The number of halogens is 1. The first-order chi connectivity index (χ1) is 12.8. The summed E-state index contributed by atoms with van der Waals surface area (Å²) < 4.78 is 42.4. The van der Waals surface area contributed by atoms with E-state index in [4.69, 9.17) is 4.74 Å². The normalized spacial score (nSPS) is 10.9. The summed E-state index contributed by atoms with van der Waals surface area (Å²) in [5.74, 6) is -2.06. The van der Waals surface area contributed by atoms with Crippen molar-refractivity contribution in [3.8, 4) is 5.75 Å². The van der Waals surface area contributed by atoms with Gasteiger partial charge in [0.1, 0.15) is 11.6 Å². The van der Waals surface area contributed by atoms with Gasteiger partial charge in [0.05, 0.1) is 10.6 Å². The first-order valence-electron chi connectivity index (χ1n) is 8.02. The molecule has 0 aliphatic carbocycles. The third-order valence-corrected chi connectivity index (χ3v) is 5.22. The zero-order valence-electron chi connectivity index (χ0n) is 14.6. The minimum Gasteiger partial charge on any atom is -0.484 e. The molecular formula is C18H19FN2O5S. The van der Waals surface area contributed by atoms with Gasteiger partial charge in [-0.2, -0.15) is 0 Å². The van der Waals surface area contributed by atoms with Crippen LogP contribution >= 0.6 is 0 Å². The van der Waals surface area contributed by atoms with Gasteiger partial charge in [-0.15, -0.1) is 0 Å². The number of hydrazine groups is 1. The Morgan fingerprint density at radius 3 is 2.37 bits per heavy atom. The molecule has 2 rings (SSSR count). The number of ether oxygens (including phenoxy) is 1. The lowest BCUT2D eigenvalue weighted by molar-refractivity contribution is -0.129. The first kappa shape index (κ1) is 20.4. The molecule has 2 N–H and O–H groups in total. The maximum atomic E-state index is 13.0. The number of carbonyl (C=O) groups excluding carboxylic acids is 2. The van der Waals surface area contributed by atoms with Crippen LogP contribution in [-0.2, 0) is 19.4 Å². The Hall–Kier alpha value is -2.94. The van der Waals surface area contributed by atoms with Crippen molar-refractivity contribution in [1.82, 2.24) is 10.9 Å². The van der Waals surface area contributed by atoms with Crippen molar-refractivity contribution >= 4 is 21.7 Å². The quantitative estimate of drug-likeness (QED) is 0.694. The summed E-state index contributed by atoms with van der Waals surface area (Å²) in [4.78, 5) is 23.4. The monoisotopic (exact) mass is 394 g/mol. The molecule has 0 aromatic heterocycles. The molecule has 9 heteroatoms. The van der Waals surface area contributed by atoms with Crippen molar-refractivity contribution in [3.05, 3.63) is 59.9 Å². The highest BCUT2D eigenvalue weighted by Gasteiger charge is 2.16. The van der Waals surface area contributed by atoms with E-state index in [1.807, 2.05) is 6.92 Å². The molecule has 144 valence electrons. The van der Waals surface area contributed by atoms with Crippen LogP contribution in [0.25, 0.3) is 0 Å². The van der Waals surface area contributed by atoms with E-state index in [2.05, 4.69) is 10.9 Å². The topological polar surface area (TPSA) is 102 Å². The maximum absolute atomic E-state index is 13.0. The molecule has 0 radical (unpaired) electrons. The van der Waals surface area contributed by atoms with Gasteiger partial charge < -0.3 is 4.74 Å². The van der Waals surface area contributed by atoms with Gasteiger partial charge in [-0.05, 0) is 31.2 Å². The second-order valence-corrected chi connectivity index (χ2v) is 7.83. The summed E-state index contributed by atoms with van der Waals surface area (Å²) in [6.45, 7) is 1.40. The second kappa shape index (κ2) is 9.13. The number of amides is 2. The van der Waals surface area contributed by atoms with Crippen LogP contribution in [0.2, 0.25) is 0 Å². The standard InChI is InChI=1S/C18H19FN2O5S/c1-13-5-7-16(8-6-13)27(24,25)10-9-17(22)20-21-18(23)12-26-15-4-2-3-14(19)11-15/h2-8,11H,9-10,12H2,1H3,(H,20,22)(H,21,23). The fourth-order valence-electron chi connectivity index (χ4n) is 2.03. The Kier molecular flexibility index (Phi) is 6.89. The Labute approximate surface area is 156 Å². The minimum atomic E-state index is -3.59. The average Bonchev–Trinajstić information content (AvgIpc) is 2.63. The van der Waals surface area contributed by atoms with Gasteiger partial charge in [0.25, 0.3) is 5.91 Å². The summed E-state index contributed by atoms with van der Waals surface area (Å²) in [6, 6.07) is 11.6. The van der Waals surface area contributed by atoms with Crippen molar-refractivity contribution in [1.29, 1.82) is 0 Å². The Bertz CT molecular complexity index is 914. The van der Waals surface area contributed by atoms with Gasteiger partial charge in [-0.1, -0.05) is 23.8 Å². The lowest BCUT2D eigenvalue weighted by atomic mass is 10.2. The van der Waals surface area contributed by atoms with Crippen LogP contribution in [0.15, 0.2) is 53.4 Å². The Morgan fingerprint density at radius 1 is 1.04 bits per heavy atom. The SMILES string of the molecule is Cc1ccc(S(=O)(=O)CCC(=O)NNC(=O)COc2cccc(F)c2)cc1. The molecule has 0 fully saturated rings. The van der Waals surface area contributed by atoms with Crippen LogP contribution in [0.4, 0.5) is 4.39 Å². The van der Waals surface area contributed by atoms with E-state index >= 15 is 0 Å². The third-order valence-electron chi connectivity index (χ3n) is 3.49. The fraction of sp³-hybridized carbons (Fsp3) is 0.222. The summed E-state index contributed by atoms with van der Waals surface area (Å²) in [5.41, 5.74) is 5.13. The number of aryl methyl sites for hydroxylation is 1. The molecule has 7 nitrogen and oxygen atoms in total. The molecule has 0 aliphatic heterocycles. The lowest BCUT2D eigenvalue weighted by Crippen LogP contribution is -2.44. The van der Waals surface area contributed by atoms with E-state index in [-0.39, 0.29) is 17.1 Å². The molecule has 0 heterocycles. The number of nitrogens with one attached hydrogen (secondary N) is 2. The molecule has 0 bridgehead atoms. The minimum absolute atomic E-state index is 0.133. The van der Waals surface area contributed by atoms with Crippen LogP contribution in [-0.4, -0.2) is 32.6 Å². The summed E-state index contributed by atoms with van der Waals surface area (Å²) in [7, 11) is -3.59. The van der Waals surface area contributed by atoms with Gasteiger partial charge in [-0.25, -0.2) is 12.8 Å². The van der Waals surface area contributed by atoms with Crippen molar-refractivity contribution in [2.24, 2.45) is 0 Å². The fourth-order valence-corrected chi connectivity index (χ4v) is 3.27. The molecule has 0 atom stereocenters. The Morgan fingerprint density at radius 2 is 1.70 bits per heavy atom. The molecule has 2 aromatic rings. The van der Waals surface area contributed by atoms with Crippen LogP contribution in [0.3, 0.4) is 0 Å². The van der Waals surface area contributed by atoms with Crippen LogP contribution in [0.5, 0.6) is 5.75 Å². The number of sulfone groups is 1. The molecule has 27 heavy (non-hydrogen) atoms. The maximum Gasteiger partial charge on any atom is 0.276 e. The van der Waals surface area contributed by atoms with Crippen LogP contribution in [0, 0.1) is 12.7 Å². The van der Waals surface area contributed by atoms with Crippen LogP contribution < -0.4 is 15.6 Å². The molecule has 2 amide bonds. The molecule has 0 unspecified atom stereocenters. The lowest BCUT2D eigenvalue weighted by Gasteiger charge is -2.09. The number of carbonyl (C=O) groups is 2. The van der Waals surface area contributed by atoms with Gasteiger partial charge in [-0.3, -0.25) is 20.4 Å². The average molecular weight is 394 g/mol. The number of benzene rings is 2. The van der Waals surface area contributed by atoms with E-state index in [0.29, 0.717) is 0 Å². The predicted octanol–water partition coefficient (Wildman–Crippen LogP) is 1.52. The van der Waals surface area contributed by atoms with Gasteiger partial charge in [0, 0.05) is 12.5 Å². The van der Waals surface area contributed by atoms with Crippen molar-refractivity contribution in [2.45, 2.75) is 18.2 Å². The summed E-state index contributed by atoms with van der Waals surface area (Å²) >= 11 is 0.